The molecule has 1 aromatic rings. The molecule has 0 aromatic heterocycles. The molecule has 6 heteroatoms. The molecule has 1 unspecified atom stereocenters. The molecule has 1 aromatic carbocycles. The average Bonchev–Trinajstić information content (AvgIpc) is 2.72. The van der Waals surface area contributed by atoms with Crippen molar-refractivity contribution in [2.24, 2.45) is 5.92 Å². The van der Waals surface area contributed by atoms with Gasteiger partial charge in [-0.1, -0.05) is 31.5 Å². The standard InChI is InChI=1S/C15H22ClNO3S/c1-11(2)8-17-9-12-3-4-15(14(16)7-12)20-13-5-6-21(18,19)10-13/h3-4,7,11,13,17H,5-6,8-10H2,1-2H3. The fourth-order valence-corrected chi connectivity index (χ4v) is 4.13. The predicted molar refractivity (Wildman–Crippen MR) is 85.7 cm³/mol. The second kappa shape index (κ2) is 6.99. The summed E-state index contributed by atoms with van der Waals surface area (Å²) in [5.74, 6) is 1.45. The van der Waals surface area contributed by atoms with Crippen molar-refractivity contribution in [3.05, 3.63) is 28.8 Å². The Morgan fingerprint density at radius 1 is 1.43 bits per heavy atom. The smallest absolute Gasteiger partial charge is 0.154 e. The van der Waals surface area contributed by atoms with Crippen LogP contribution in [0.15, 0.2) is 18.2 Å². The molecule has 1 heterocycles. The molecule has 1 fully saturated rings. The maximum absolute atomic E-state index is 11.4. The van der Waals surface area contributed by atoms with Gasteiger partial charge in [-0.05, 0) is 36.6 Å². The molecule has 4 nitrogen and oxygen atoms in total. The van der Waals surface area contributed by atoms with Crippen LogP contribution in [-0.4, -0.2) is 32.6 Å². The van der Waals surface area contributed by atoms with Crippen LogP contribution in [0, 0.1) is 5.92 Å². The highest BCUT2D eigenvalue weighted by molar-refractivity contribution is 7.91. The largest absolute Gasteiger partial charge is 0.488 e. The van der Waals surface area contributed by atoms with Gasteiger partial charge in [0.2, 0.25) is 0 Å². The minimum Gasteiger partial charge on any atom is -0.488 e. The lowest BCUT2D eigenvalue weighted by Gasteiger charge is -2.14. The van der Waals surface area contributed by atoms with Gasteiger partial charge in [0.15, 0.2) is 9.84 Å². The highest BCUT2D eigenvalue weighted by atomic mass is 35.5. The second-order valence-corrected chi connectivity index (χ2v) is 8.57. The van der Waals surface area contributed by atoms with Crippen molar-refractivity contribution in [2.45, 2.75) is 32.9 Å². The van der Waals surface area contributed by atoms with E-state index in [4.69, 9.17) is 16.3 Å². The number of sulfone groups is 1. The van der Waals surface area contributed by atoms with E-state index in [2.05, 4.69) is 19.2 Å². The first-order chi connectivity index (χ1) is 9.85. The summed E-state index contributed by atoms with van der Waals surface area (Å²) in [6, 6.07) is 5.64. The first-order valence-corrected chi connectivity index (χ1v) is 9.42. The van der Waals surface area contributed by atoms with Crippen LogP contribution in [0.2, 0.25) is 5.02 Å². The Labute approximate surface area is 131 Å². The summed E-state index contributed by atoms with van der Waals surface area (Å²) in [4.78, 5) is 0. The highest BCUT2D eigenvalue weighted by Crippen LogP contribution is 2.28. The molecule has 0 amide bonds. The van der Waals surface area contributed by atoms with E-state index in [1.54, 1.807) is 0 Å². The van der Waals surface area contributed by atoms with Crippen molar-refractivity contribution in [3.63, 3.8) is 0 Å². The zero-order chi connectivity index (χ0) is 15.5. The molecule has 1 aliphatic rings. The molecule has 0 bridgehead atoms. The second-order valence-electron chi connectivity index (χ2n) is 5.93. The van der Waals surface area contributed by atoms with E-state index in [1.165, 1.54) is 0 Å². The Bertz CT molecular complexity index is 587. The number of ether oxygens (including phenoxy) is 1. The first kappa shape index (κ1) is 16.6. The van der Waals surface area contributed by atoms with Crippen molar-refractivity contribution in [1.29, 1.82) is 0 Å². The van der Waals surface area contributed by atoms with Crippen LogP contribution in [-0.2, 0) is 16.4 Å². The Hall–Kier alpha value is -0.780. The fraction of sp³-hybridized carbons (Fsp3) is 0.600. The highest BCUT2D eigenvalue weighted by Gasteiger charge is 2.29. The van der Waals surface area contributed by atoms with Gasteiger partial charge in [-0.3, -0.25) is 0 Å². The Morgan fingerprint density at radius 2 is 2.19 bits per heavy atom. The van der Waals surface area contributed by atoms with E-state index < -0.39 is 9.84 Å². The van der Waals surface area contributed by atoms with Gasteiger partial charge < -0.3 is 10.1 Å². The van der Waals surface area contributed by atoms with E-state index in [0.29, 0.717) is 23.1 Å². The van der Waals surface area contributed by atoms with Gasteiger partial charge in [0.25, 0.3) is 0 Å². The van der Waals surface area contributed by atoms with Gasteiger partial charge in [-0.2, -0.15) is 0 Å². The molecule has 2 rings (SSSR count). The monoisotopic (exact) mass is 331 g/mol. The summed E-state index contributed by atoms with van der Waals surface area (Å²) in [7, 11) is -2.93. The van der Waals surface area contributed by atoms with E-state index in [1.807, 2.05) is 18.2 Å². The van der Waals surface area contributed by atoms with Gasteiger partial charge in [-0.15, -0.1) is 0 Å². The molecule has 1 aliphatic heterocycles. The summed E-state index contributed by atoms with van der Waals surface area (Å²) in [6.07, 6.45) is 0.258. The molecule has 0 radical (unpaired) electrons. The number of nitrogens with one attached hydrogen (secondary N) is 1. The molecular weight excluding hydrogens is 310 g/mol. The first-order valence-electron chi connectivity index (χ1n) is 7.22. The molecule has 0 saturated carbocycles. The number of hydrogen-bond acceptors (Lipinski definition) is 4. The van der Waals surface area contributed by atoms with Gasteiger partial charge >= 0.3 is 0 Å². The summed E-state index contributed by atoms with van der Waals surface area (Å²) in [5, 5.41) is 3.88. The van der Waals surface area contributed by atoms with Gasteiger partial charge in [0.05, 0.1) is 16.5 Å². The lowest BCUT2D eigenvalue weighted by Crippen LogP contribution is -2.19. The Balaban J connectivity index is 1.93. The molecule has 21 heavy (non-hydrogen) atoms. The molecule has 0 aliphatic carbocycles. The Morgan fingerprint density at radius 3 is 2.76 bits per heavy atom. The van der Waals surface area contributed by atoms with Crippen LogP contribution in [0.3, 0.4) is 0 Å². The van der Waals surface area contributed by atoms with Gasteiger partial charge in [0, 0.05) is 6.54 Å². The SMILES string of the molecule is CC(C)CNCc1ccc(OC2CCS(=O)(=O)C2)c(Cl)c1. The average molecular weight is 332 g/mol. The fourth-order valence-electron chi connectivity index (χ4n) is 2.29. The number of hydrogen-bond donors (Lipinski definition) is 1. The van der Waals surface area contributed by atoms with Crippen LogP contribution in [0.5, 0.6) is 5.75 Å². The Kier molecular flexibility index (Phi) is 5.52. The quantitative estimate of drug-likeness (QED) is 0.870. The van der Waals surface area contributed by atoms with Gasteiger partial charge in [0.1, 0.15) is 11.9 Å². The molecule has 0 spiro atoms. The van der Waals surface area contributed by atoms with Gasteiger partial charge in [-0.25, -0.2) is 8.42 Å². The maximum Gasteiger partial charge on any atom is 0.154 e. The van der Waals surface area contributed by atoms with Crippen molar-refractivity contribution in [3.8, 4) is 5.75 Å². The molecule has 1 saturated heterocycles. The number of rotatable bonds is 6. The normalized spacial score (nSPS) is 20.9. The number of halogens is 1. The molecular formula is C15H22ClNO3S. The van der Waals surface area contributed by atoms with Crippen LogP contribution in [0.1, 0.15) is 25.8 Å². The lowest BCUT2D eigenvalue weighted by atomic mass is 10.2. The third-order valence-electron chi connectivity index (χ3n) is 3.36. The van der Waals surface area contributed by atoms with Crippen molar-refractivity contribution in [1.82, 2.24) is 5.32 Å². The van der Waals surface area contributed by atoms with Crippen LogP contribution < -0.4 is 10.1 Å². The lowest BCUT2D eigenvalue weighted by molar-refractivity contribution is 0.229. The van der Waals surface area contributed by atoms with Crippen molar-refractivity contribution in [2.75, 3.05) is 18.1 Å². The van der Waals surface area contributed by atoms with E-state index in [9.17, 15) is 8.42 Å². The minimum absolute atomic E-state index is 0.0843. The number of benzene rings is 1. The molecule has 1 N–H and O–H groups in total. The van der Waals surface area contributed by atoms with Crippen LogP contribution >= 0.6 is 11.6 Å². The van der Waals surface area contributed by atoms with E-state index in [0.717, 1.165) is 18.7 Å². The maximum atomic E-state index is 11.4. The predicted octanol–water partition coefficient (Wildman–Crippen LogP) is 2.65. The zero-order valence-electron chi connectivity index (χ0n) is 12.4. The van der Waals surface area contributed by atoms with E-state index >= 15 is 0 Å². The van der Waals surface area contributed by atoms with E-state index in [-0.39, 0.29) is 17.6 Å². The summed E-state index contributed by atoms with van der Waals surface area (Å²) in [6.45, 7) is 6.03. The van der Waals surface area contributed by atoms with Crippen molar-refractivity contribution < 1.29 is 13.2 Å². The molecule has 118 valence electrons. The summed E-state index contributed by atoms with van der Waals surface area (Å²) >= 11 is 6.22. The third kappa shape index (κ3) is 5.16. The topological polar surface area (TPSA) is 55.4 Å². The molecule has 1 atom stereocenters. The zero-order valence-corrected chi connectivity index (χ0v) is 14.0. The van der Waals surface area contributed by atoms with Crippen LogP contribution in [0.25, 0.3) is 0 Å². The van der Waals surface area contributed by atoms with Crippen LogP contribution in [0.4, 0.5) is 0 Å². The third-order valence-corrected chi connectivity index (χ3v) is 5.40. The minimum atomic E-state index is -2.93. The van der Waals surface area contributed by atoms with Crippen molar-refractivity contribution >= 4 is 21.4 Å². The summed E-state index contributed by atoms with van der Waals surface area (Å²) in [5.41, 5.74) is 1.09. The summed E-state index contributed by atoms with van der Waals surface area (Å²) < 4.78 is 28.6.